The number of carbonyl (C=O) groups is 1. The maximum absolute atomic E-state index is 12.5. The number of benzene rings is 2. The Labute approximate surface area is 175 Å². The summed E-state index contributed by atoms with van der Waals surface area (Å²) in [5.74, 6) is 0.0261. The summed E-state index contributed by atoms with van der Waals surface area (Å²) in [7, 11) is 0. The van der Waals surface area contributed by atoms with Gasteiger partial charge in [0, 0.05) is 11.4 Å². The van der Waals surface area contributed by atoms with Gasteiger partial charge in [0.05, 0.1) is 11.1 Å². The predicted octanol–water partition coefficient (Wildman–Crippen LogP) is 4.68. The van der Waals surface area contributed by atoms with Crippen LogP contribution in [0.3, 0.4) is 0 Å². The molecule has 0 unspecified atom stereocenters. The van der Waals surface area contributed by atoms with Crippen LogP contribution in [0.15, 0.2) is 65.7 Å². The molecule has 30 heavy (non-hydrogen) atoms. The van der Waals surface area contributed by atoms with Crippen LogP contribution in [-0.2, 0) is 5.75 Å². The molecule has 3 aromatic rings. The topological polar surface area (TPSA) is 101 Å². The molecular formula is C21H16F2N4O2S. The molecule has 0 aliphatic heterocycles. The summed E-state index contributed by atoms with van der Waals surface area (Å²) in [6.07, 6.45) is 0. The third-order valence-electron chi connectivity index (χ3n) is 3.94. The lowest BCUT2D eigenvalue weighted by Crippen LogP contribution is -2.15. The van der Waals surface area contributed by atoms with E-state index < -0.39 is 12.5 Å². The van der Waals surface area contributed by atoms with Crippen molar-refractivity contribution >= 4 is 29.2 Å². The van der Waals surface area contributed by atoms with Crippen molar-refractivity contribution in [3.05, 3.63) is 77.4 Å². The Morgan fingerprint density at radius 1 is 1.20 bits per heavy atom. The van der Waals surface area contributed by atoms with Crippen molar-refractivity contribution in [1.82, 2.24) is 4.98 Å². The molecule has 3 rings (SSSR count). The number of alkyl halides is 2. The molecule has 0 bridgehead atoms. The largest absolute Gasteiger partial charge is 0.435 e. The first-order valence-electron chi connectivity index (χ1n) is 8.70. The number of hydrogen-bond donors (Lipinski definition) is 2. The number of nitrogens with one attached hydrogen (secondary N) is 1. The van der Waals surface area contributed by atoms with Gasteiger partial charge >= 0.3 is 6.61 Å². The van der Waals surface area contributed by atoms with Crippen LogP contribution in [0.2, 0.25) is 0 Å². The van der Waals surface area contributed by atoms with Gasteiger partial charge in [-0.3, -0.25) is 4.79 Å². The quantitative estimate of drug-likeness (QED) is 0.532. The highest BCUT2D eigenvalue weighted by atomic mass is 32.2. The van der Waals surface area contributed by atoms with Crippen LogP contribution in [0, 0.1) is 11.3 Å². The molecular weight excluding hydrogens is 410 g/mol. The summed E-state index contributed by atoms with van der Waals surface area (Å²) >= 11 is 1.25. The van der Waals surface area contributed by atoms with Gasteiger partial charge < -0.3 is 15.8 Å². The van der Waals surface area contributed by atoms with Gasteiger partial charge in [0.25, 0.3) is 5.91 Å². The van der Waals surface area contributed by atoms with E-state index in [4.69, 9.17) is 5.73 Å². The average molecular weight is 426 g/mol. The Balaban J connectivity index is 1.72. The fourth-order valence-corrected chi connectivity index (χ4v) is 3.44. The van der Waals surface area contributed by atoms with Crippen LogP contribution in [0.25, 0.3) is 0 Å². The number of nitriles is 1. The van der Waals surface area contributed by atoms with E-state index in [1.54, 1.807) is 36.4 Å². The molecule has 1 amide bonds. The normalized spacial score (nSPS) is 10.5. The highest BCUT2D eigenvalue weighted by Gasteiger charge is 2.16. The molecule has 0 aliphatic carbocycles. The smallest absolute Gasteiger partial charge is 0.387 e. The summed E-state index contributed by atoms with van der Waals surface area (Å²) in [6, 6.07) is 18.4. The number of ether oxygens (including phenoxy) is 1. The number of para-hydroxylation sites is 1. The van der Waals surface area contributed by atoms with E-state index in [-0.39, 0.29) is 22.7 Å². The lowest BCUT2D eigenvalue weighted by atomic mass is 10.2. The molecule has 0 fully saturated rings. The molecule has 0 spiro atoms. The minimum Gasteiger partial charge on any atom is -0.435 e. The highest BCUT2D eigenvalue weighted by Crippen LogP contribution is 2.28. The fourth-order valence-electron chi connectivity index (χ4n) is 2.52. The van der Waals surface area contributed by atoms with Crippen molar-refractivity contribution in [2.24, 2.45) is 0 Å². The number of anilines is 2. The molecule has 0 aliphatic rings. The second-order valence-electron chi connectivity index (χ2n) is 6.02. The number of nitrogen functional groups attached to an aromatic ring is 1. The second-order valence-corrected chi connectivity index (χ2v) is 6.98. The van der Waals surface area contributed by atoms with Crippen LogP contribution in [0.5, 0.6) is 5.75 Å². The molecule has 1 aromatic heterocycles. The SMILES string of the molecule is N#Cc1cc(C(=O)Nc2ccccc2)c(N)nc1SCc1ccc(OC(F)F)cc1. The average Bonchev–Trinajstić information content (AvgIpc) is 2.73. The van der Waals surface area contributed by atoms with Gasteiger partial charge in [-0.15, -0.1) is 11.8 Å². The van der Waals surface area contributed by atoms with Gasteiger partial charge in [0.2, 0.25) is 0 Å². The number of rotatable bonds is 7. The second kappa shape index (κ2) is 9.71. The van der Waals surface area contributed by atoms with E-state index in [1.165, 1.54) is 30.0 Å². The van der Waals surface area contributed by atoms with Crippen molar-refractivity contribution in [2.45, 2.75) is 17.4 Å². The Morgan fingerprint density at radius 3 is 2.53 bits per heavy atom. The molecule has 1 heterocycles. The van der Waals surface area contributed by atoms with Crippen molar-refractivity contribution in [3.8, 4) is 11.8 Å². The number of hydrogen-bond acceptors (Lipinski definition) is 6. The van der Waals surface area contributed by atoms with Gasteiger partial charge in [0.1, 0.15) is 22.7 Å². The molecule has 2 aromatic carbocycles. The van der Waals surface area contributed by atoms with Gasteiger partial charge in [0.15, 0.2) is 0 Å². The molecule has 0 radical (unpaired) electrons. The summed E-state index contributed by atoms with van der Waals surface area (Å²) < 4.78 is 28.7. The first-order chi connectivity index (χ1) is 14.5. The number of pyridine rings is 1. The highest BCUT2D eigenvalue weighted by molar-refractivity contribution is 7.98. The first kappa shape index (κ1) is 21.1. The number of nitrogens with two attached hydrogens (primary N) is 1. The van der Waals surface area contributed by atoms with Crippen LogP contribution in [0.1, 0.15) is 21.5 Å². The molecule has 9 heteroatoms. The number of thioether (sulfide) groups is 1. The van der Waals surface area contributed by atoms with E-state index >= 15 is 0 Å². The van der Waals surface area contributed by atoms with E-state index in [0.29, 0.717) is 16.5 Å². The fraction of sp³-hybridized carbons (Fsp3) is 0.0952. The van der Waals surface area contributed by atoms with Crippen LogP contribution < -0.4 is 15.8 Å². The zero-order valence-corrected chi connectivity index (χ0v) is 16.3. The van der Waals surface area contributed by atoms with Crippen molar-refractivity contribution in [3.63, 3.8) is 0 Å². The van der Waals surface area contributed by atoms with E-state index in [0.717, 1.165) is 5.56 Å². The standard InChI is InChI=1S/C21H16F2N4O2S/c22-21(23)29-16-8-6-13(7-9-16)12-30-20-14(11-24)10-17(18(25)27-20)19(28)26-15-4-2-1-3-5-15/h1-10,21H,12H2,(H2,25,27)(H,26,28). The maximum atomic E-state index is 12.5. The molecule has 0 saturated carbocycles. The Kier molecular flexibility index (Phi) is 6.83. The first-order valence-corrected chi connectivity index (χ1v) is 9.68. The summed E-state index contributed by atoms with van der Waals surface area (Å²) in [5, 5.41) is 12.5. The lowest BCUT2D eigenvalue weighted by Gasteiger charge is -2.10. The summed E-state index contributed by atoms with van der Waals surface area (Å²) in [6.45, 7) is -2.88. The van der Waals surface area contributed by atoms with E-state index in [9.17, 15) is 18.8 Å². The Morgan fingerprint density at radius 2 is 1.90 bits per heavy atom. The van der Waals surface area contributed by atoms with Crippen LogP contribution >= 0.6 is 11.8 Å². The van der Waals surface area contributed by atoms with E-state index in [1.807, 2.05) is 12.1 Å². The molecule has 0 atom stereocenters. The zero-order valence-electron chi connectivity index (χ0n) is 15.5. The Bertz CT molecular complexity index is 1070. The molecule has 152 valence electrons. The molecule has 3 N–H and O–H groups in total. The number of aromatic nitrogens is 1. The maximum Gasteiger partial charge on any atom is 0.387 e. The van der Waals surface area contributed by atoms with E-state index in [2.05, 4.69) is 15.0 Å². The van der Waals surface area contributed by atoms with Gasteiger partial charge in [-0.2, -0.15) is 14.0 Å². The van der Waals surface area contributed by atoms with Gasteiger partial charge in [-0.25, -0.2) is 4.98 Å². The number of nitrogens with zero attached hydrogens (tertiary/aromatic N) is 2. The minimum atomic E-state index is -2.88. The zero-order chi connectivity index (χ0) is 21.5. The van der Waals surface area contributed by atoms with Gasteiger partial charge in [-0.05, 0) is 35.9 Å². The molecule has 6 nitrogen and oxygen atoms in total. The number of amides is 1. The monoisotopic (exact) mass is 426 g/mol. The lowest BCUT2D eigenvalue weighted by molar-refractivity contribution is -0.0498. The van der Waals surface area contributed by atoms with Crippen LogP contribution in [-0.4, -0.2) is 17.5 Å². The number of halogens is 2. The predicted molar refractivity (Wildman–Crippen MR) is 110 cm³/mol. The summed E-state index contributed by atoms with van der Waals surface area (Å²) in [4.78, 5) is 16.7. The van der Waals surface area contributed by atoms with Crippen molar-refractivity contribution in [2.75, 3.05) is 11.1 Å². The Hall–Kier alpha value is -3.64. The minimum absolute atomic E-state index is 0.00520. The third kappa shape index (κ3) is 5.46. The molecule has 0 saturated heterocycles. The van der Waals surface area contributed by atoms with Crippen molar-refractivity contribution in [1.29, 1.82) is 5.26 Å². The number of carbonyl (C=O) groups excluding carboxylic acids is 1. The summed E-state index contributed by atoms with van der Waals surface area (Å²) in [5.41, 5.74) is 7.68. The van der Waals surface area contributed by atoms with Crippen molar-refractivity contribution < 1.29 is 18.3 Å². The van der Waals surface area contributed by atoms with Gasteiger partial charge in [-0.1, -0.05) is 30.3 Å². The third-order valence-corrected chi connectivity index (χ3v) is 5.00. The van der Waals surface area contributed by atoms with Crippen LogP contribution in [0.4, 0.5) is 20.3 Å².